The van der Waals surface area contributed by atoms with E-state index in [2.05, 4.69) is 0 Å². The quantitative estimate of drug-likeness (QED) is 0.0395. The minimum Gasteiger partial charge on any atom is -0.504 e. The van der Waals surface area contributed by atoms with Crippen LogP contribution in [0.4, 0.5) is 0 Å². The Morgan fingerprint density at radius 3 is 1.17 bits per heavy atom. The molecule has 3 aliphatic heterocycles. The summed E-state index contributed by atoms with van der Waals surface area (Å²) in [6, 6.07) is 5.26. The van der Waals surface area contributed by atoms with Gasteiger partial charge in [0, 0.05) is 23.3 Å². The maximum atomic E-state index is 15.4. The third kappa shape index (κ3) is 14.5. The van der Waals surface area contributed by atoms with Gasteiger partial charge in [-0.05, 0) is 66.7 Å². The number of fused-ring (bicyclic) bond motifs is 4. The van der Waals surface area contributed by atoms with E-state index >= 15 is 4.79 Å². The number of hydrogen-bond donors (Lipinski definition) is 25. The van der Waals surface area contributed by atoms with Crippen molar-refractivity contribution in [1.29, 1.82) is 0 Å². The molecule has 11 rings (SSSR count). The summed E-state index contributed by atoms with van der Waals surface area (Å²) in [5.74, 6) is -49.4. The van der Waals surface area contributed by atoms with E-state index in [4.69, 9.17) is 52.1 Å². The van der Waals surface area contributed by atoms with Gasteiger partial charge in [0.1, 0.15) is 43.2 Å². The zero-order valence-corrected chi connectivity index (χ0v) is 55.1. The number of benzene rings is 8. The fraction of sp³-hybridized carbons (Fsp3) is 0.176. The fourth-order valence-corrected chi connectivity index (χ4v) is 11.2. The molecule has 8 aromatic rings. The molecule has 0 radical (unpaired) electrons. The van der Waals surface area contributed by atoms with Gasteiger partial charge < -0.3 is 180 Å². The van der Waals surface area contributed by atoms with E-state index < -0.39 is 322 Å². The van der Waals surface area contributed by atoms with Crippen LogP contribution in [0.15, 0.2) is 78.9 Å². The van der Waals surface area contributed by atoms with Gasteiger partial charge in [0.05, 0.1) is 38.9 Å². The predicted molar refractivity (Wildman–Crippen MR) is 346 cm³/mol. The molecule has 10 unspecified atom stereocenters. The van der Waals surface area contributed by atoms with Crippen LogP contribution in [0.1, 0.15) is 82.9 Å². The Hall–Kier alpha value is -15.4. The van der Waals surface area contributed by atoms with Gasteiger partial charge in [0.2, 0.25) is 41.7 Å². The van der Waals surface area contributed by atoms with E-state index in [1.54, 1.807) is 0 Å². The largest absolute Gasteiger partial charge is 0.504 e. The van der Waals surface area contributed by atoms with Crippen molar-refractivity contribution in [3.63, 3.8) is 0 Å². The lowest BCUT2D eigenvalue weighted by Crippen LogP contribution is -2.63. The summed E-state index contributed by atoms with van der Waals surface area (Å²) in [6.07, 6.45) is -26.1. The molecule has 3 heterocycles. The minimum atomic E-state index is -2.95. The molecular formula is C68H52O44. The number of rotatable bonds is 15. The molecule has 2 fully saturated rings. The van der Waals surface area contributed by atoms with Crippen molar-refractivity contribution in [2.45, 2.75) is 61.4 Å². The van der Waals surface area contributed by atoms with Crippen molar-refractivity contribution >= 4 is 47.8 Å². The van der Waals surface area contributed by atoms with Crippen molar-refractivity contribution in [2.75, 3.05) is 13.2 Å². The molecular weight excluding hydrogens is 1520 g/mol. The molecule has 8 aromatic carbocycles. The highest BCUT2D eigenvalue weighted by Crippen LogP contribution is 2.56. The maximum absolute atomic E-state index is 15.4. The molecule has 44 nitrogen and oxygen atoms in total. The van der Waals surface area contributed by atoms with Crippen LogP contribution in [0.3, 0.4) is 0 Å². The van der Waals surface area contributed by atoms with Gasteiger partial charge in [-0.25, -0.2) is 38.4 Å². The van der Waals surface area contributed by atoms with Gasteiger partial charge in [-0.2, -0.15) is 0 Å². The second kappa shape index (κ2) is 29.7. The summed E-state index contributed by atoms with van der Waals surface area (Å²) in [5.41, 5.74) is -11.3. The first-order chi connectivity index (χ1) is 52.6. The van der Waals surface area contributed by atoms with Crippen molar-refractivity contribution in [3.05, 3.63) is 123 Å². The van der Waals surface area contributed by atoms with E-state index in [-0.39, 0.29) is 12.1 Å². The van der Waals surface area contributed by atoms with Gasteiger partial charge >= 0.3 is 47.8 Å². The zero-order chi connectivity index (χ0) is 82.0. The van der Waals surface area contributed by atoms with Crippen LogP contribution in [0, 0.1) is 0 Å². The SMILES string of the molecule is O=C(OCC1OC(OC(=O)c2cc(O)c(O)c(O)c2)C(OC(=O)c2cc(O)c(O)c(O)c2)C(OC(=O)c2cc(O)c(O)c(O)c2)C1OC(=O)c1cc(O)c(O)c(O)c1Oc1cc2c(c(O)c1O)-c1c(cc(O)c(O)c1O)C(=O)OC1C(COC2=O)OC(OC(=O)c2cc(O)c(O)c(O)c2)C(O)C1O)c1cc(O)c(O)c(O)c1. The number of esters is 8. The van der Waals surface area contributed by atoms with Gasteiger partial charge in [0.15, 0.2) is 139 Å². The molecule has 3 aliphatic rings. The Kier molecular flexibility index (Phi) is 20.6. The van der Waals surface area contributed by atoms with Crippen LogP contribution in [0.25, 0.3) is 11.1 Å². The number of hydrogen-bond acceptors (Lipinski definition) is 44. The lowest BCUT2D eigenvalue weighted by Gasteiger charge is -2.44. The molecule has 0 bridgehead atoms. The average molecular weight is 1570 g/mol. The van der Waals surface area contributed by atoms with E-state index in [0.717, 1.165) is 0 Å². The summed E-state index contributed by atoms with van der Waals surface area (Å²) in [5, 5.41) is 267. The molecule has 10 atom stereocenters. The average Bonchev–Trinajstić information content (AvgIpc) is 1.01. The summed E-state index contributed by atoms with van der Waals surface area (Å²) in [7, 11) is 0. The Balaban J connectivity index is 1.04. The van der Waals surface area contributed by atoms with Gasteiger partial charge in [-0.1, -0.05) is 0 Å². The molecule has 588 valence electrons. The number of carbonyl (C=O) groups excluding carboxylic acids is 8. The van der Waals surface area contributed by atoms with Gasteiger partial charge in [-0.15, -0.1) is 0 Å². The molecule has 44 heteroatoms. The minimum absolute atomic E-state index is 0.132. The fourth-order valence-electron chi connectivity index (χ4n) is 11.2. The zero-order valence-electron chi connectivity index (χ0n) is 55.1. The molecule has 2 saturated heterocycles. The third-order valence-corrected chi connectivity index (χ3v) is 16.8. The van der Waals surface area contributed by atoms with E-state index in [1.165, 1.54) is 0 Å². The van der Waals surface area contributed by atoms with Crippen LogP contribution in [-0.2, 0) is 47.4 Å². The normalized spacial score (nSPS) is 19.9. The summed E-state index contributed by atoms with van der Waals surface area (Å²) in [6.45, 7) is -2.94. The lowest BCUT2D eigenvalue weighted by molar-refractivity contribution is -0.284. The number of cyclic esters (lactones) is 1. The Bertz CT molecular complexity index is 5160. The number of aliphatic hydroxyl groups is 2. The maximum Gasteiger partial charge on any atom is 0.342 e. The monoisotopic (exact) mass is 1570 g/mol. The number of phenolic OH excluding ortho intramolecular Hbond substituents is 23. The number of aromatic hydroxyl groups is 23. The molecule has 0 aromatic heterocycles. The Morgan fingerprint density at radius 2 is 0.714 bits per heavy atom. The first kappa shape index (κ1) is 77.7. The first-order valence-corrected chi connectivity index (χ1v) is 31.0. The molecule has 0 aliphatic carbocycles. The summed E-state index contributed by atoms with van der Waals surface area (Å²) in [4.78, 5) is 115. The van der Waals surface area contributed by atoms with Crippen LogP contribution < -0.4 is 4.74 Å². The van der Waals surface area contributed by atoms with Crippen LogP contribution in [-0.4, -0.2) is 250 Å². The van der Waals surface area contributed by atoms with Gasteiger partial charge in [-0.3, -0.25) is 0 Å². The van der Waals surface area contributed by atoms with Gasteiger partial charge in [0.25, 0.3) is 0 Å². The van der Waals surface area contributed by atoms with E-state index in [0.29, 0.717) is 66.7 Å². The topological polar surface area (TPSA) is 744 Å². The van der Waals surface area contributed by atoms with E-state index in [9.17, 15) is 161 Å². The van der Waals surface area contributed by atoms with Crippen LogP contribution in [0.5, 0.6) is 144 Å². The second-order valence-electron chi connectivity index (χ2n) is 24.0. The predicted octanol–water partition coefficient (Wildman–Crippen LogP) is 1.79. The summed E-state index contributed by atoms with van der Waals surface area (Å²) >= 11 is 0. The highest BCUT2D eigenvalue weighted by Gasteiger charge is 2.56. The molecule has 112 heavy (non-hydrogen) atoms. The lowest BCUT2D eigenvalue weighted by atomic mass is 9.91. The first-order valence-electron chi connectivity index (χ1n) is 31.0. The van der Waals surface area contributed by atoms with Crippen molar-refractivity contribution in [2.24, 2.45) is 0 Å². The highest BCUT2D eigenvalue weighted by atomic mass is 16.8. The van der Waals surface area contributed by atoms with Crippen molar-refractivity contribution in [1.82, 2.24) is 0 Å². The van der Waals surface area contributed by atoms with Crippen molar-refractivity contribution < 1.29 is 218 Å². The number of aliphatic hydroxyl groups excluding tert-OH is 2. The number of phenols is 23. The number of ether oxygens (including phenoxy) is 11. The number of carbonyl (C=O) groups is 8. The second-order valence-corrected chi connectivity index (χ2v) is 24.0. The van der Waals surface area contributed by atoms with Crippen LogP contribution >= 0.6 is 0 Å². The Morgan fingerprint density at radius 1 is 0.348 bits per heavy atom. The molecule has 25 N–H and O–H groups in total. The molecule has 0 saturated carbocycles. The molecule has 0 amide bonds. The third-order valence-electron chi connectivity index (χ3n) is 16.8. The summed E-state index contributed by atoms with van der Waals surface area (Å²) < 4.78 is 61.2. The molecule has 0 spiro atoms. The van der Waals surface area contributed by atoms with Crippen molar-refractivity contribution in [3.8, 4) is 155 Å². The Labute approximate surface area is 617 Å². The standard InChI is InChI=1S/C68H52O44/c69-24-1-16(2-25(70)41(24)81)59(94)102-15-38-56(57(109-60(95)17-3-26(71)42(82)27(72)4-17)58(110-61(96)18-5-28(73)43(83)29(74)6-18)68(106-38)112-63(98)20-9-32(77)45(85)33(78)10-20)108-66(101)23-12-35(80)47(87)51(91)54(23)104-36-13-22-40(50(90)48(36)88)39-21(11-34(79)46(86)49(39)89)65(100)107-55-37(14-103-64(22)99)105-67(53(93)52(55)92)111-62(97)19-7-30(75)44(84)31(76)8-19/h1-13,37-38,52-53,55-58,67-93H,14-15H2. The van der Waals surface area contributed by atoms with E-state index in [1.807, 2.05) is 0 Å². The smallest absolute Gasteiger partial charge is 0.342 e. The van der Waals surface area contributed by atoms with Crippen LogP contribution in [0.2, 0.25) is 0 Å². The highest BCUT2D eigenvalue weighted by molar-refractivity contribution is 6.09.